The third kappa shape index (κ3) is 4.00. The summed E-state index contributed by atoms with van der Waals surface area (Å²) in [6.45, 7) is 4.80. The van der Waals surface area contributed by atoms with Crippen molar-refractivity contribution >= 4 is 5.69 Å². The van der Waals surface area contributed by atoms with E-state index in [-0.39, 0.29) is 5.56 Å². The van der Waals surface area contributed by atoms with E-state index in [0.29, 0.717) is 25.4 Å². The molecule has 0 aromatic heterocycles. The third-order valence-corrected chi connectivity index (χ3v) is 2.71. The van der Waals surface area contributed by atoms with E-state index in [1.165, 1.54) is 19.2 Å². The van der Waals surface area contributed by atoms with Crippen molar-refractivity contribution in [3.63, 3.8) is 0 Å². The number of halogens is 3. The molecule has 3 nitrogen and oxygen atoms in total. The highest BCUT2D eigenvalue weighted by Crippen LogP contribution is 2.34. The number of hydrogen-bond donors (Lipinski definition) is 0. The predicted molar refractivity (Wildman–Crippen MR) is 70.4 cm³/mol. The number of methoxy groups -OCH3 is 1. The summed E-state index contributed by atoms with van der Waals surface area (Å²) in [6.07, 6.45) is -2.96. The van der Waals surface area contributed by atoms with Crippen molar-refractivity contribution in [2.75, 3.05) is 31.7 Å². The van der Waals surface area contributed by atoms with E-state index in [0.717, 1.165) is 6.07 Å². The summed E-state index contributed by atoms with van der Waals surface area (Å²) in [7, 11) is 1.52. The maximum Gasteiger partial charge on any atom is 0.417 e. The van der Waals surface area contributed by atoms with Crippen LogP contribution in [0, 0.1) is 11.3 Å². The van der Waals surface area contributed by atoms with Gasteiger partial charge in [-0.25, -0.2) is 0 Å². The van der Waals surface area contributed by atoms with Gasteiger partial charge in [0.25, 0.3) is 0 Å². The first-order valence-electron chi connectivity index (χ1n) is 5.90. The highest BCUT2D eigenvalue weighted by molar-refractivity contribution is 5.55. The standard InChI is InChI=1S/C14H15F3N2O/c1-3-6-19(7-8-20-2)12-5-4-11(10-18)13(9-12)14(15,16)17/h3-5,9H,1,6-8H2,2H3. The van der Waals surface area contributed by atoms with Crippen molar-refractivity contribution in [1.82, 2.24) is 0 Å². The van der Waals surface area contributed by atoms with E-state index in [1.54, 1.807) is 17.0 Å². The summed E-state index contributed by atoms with van der Waals surface area (Å²) in [4.78, 5) is 1.70. The maximum atomic E-state index is 12.9. The molecule has 0 radical (unpaired) electrons. The maximum absolute atomic E-state index is 12.9. The fourth-order valence-electron chi connectivity index (χ4n) is 1.74. The van der Waals surface area contributed by atoms with Gasteiger partial charge in [0.1, 0.15) is 0 Å². The van der Waals surface area contributed by atoms with Crippen LogP contribution in [0.2, 0.25) is 0 Å². The van der Waals surface area contributed by atoms with Crippen LogP contribution in [0.1, 0.15) is 11.1 Å². The second kappa shape index (κ2) is 6.96. The number of nitrogens with zero attached hydrogens (tertiary/aromatic N) is 2. The van der Waals surface area contributed by atoms with Gasteiger partial charge in [-0.3, -0.25) is 0 Å². The van der Waals surface area contributed by atoms with E-state index < -0.39 is 11.7 Å². The average Bonchev–Trinajstić information content (AvgIpc) is 2.42. The van der Waals surface area contributed by atoms with Gasteiger partial charge in [0.05, 0.1) is 23.8 Å². The smallest absolute Gasteiger partial charge is 0.383 e. The number of nitriles is 1. The van der Waals surface area contributed by atoms with E-state index in [2.05, 4.69) is 6.58 Å². The topological polar surface area (TPSA) is 36.3 Å². The van der Waals surface area contributed by atoms with Gasteiger partial charge < -0.3 is 9.64 Å². The van der Waals surface area contributed by atoms with Gasteiger partial charge in [-0.1, -0.05) is 6.08 Å². The Morgan fingerprint density at radius 1 is 1.45 bits per heavy atom. The molecule has 0 bridgehead atoms. The van der Waals surface area contributed by atoms with Crippen molar-refractivity contribution in [1.29, 1.82) is 5.26 Å². The predicted octanol–water partition coefficient (Wildman–Crippen LogP) is 3.22. The lowest BCUT2D eigenvalue weighted by molar-refractivity contribution is -0.137. The molecule has 1 aromatic rings. The van der Waals surface area contributed by atoms with E-state index in [4.69, 9.17) is 10.00 Å². The molecule has 108 valence electrons. The Morgan fingerprint density at radius 2 is 2.15 bits per heavy atom. The molecule has 0 heterocycles. The van der Waals surface area contributed by atoms with E-state index in [1.807, 2.05) is 0 Å². The highest BCUT2D eigenvalue weighted by atomic mass is 19.4. The van der Waals surface area contributed by atoms with Gasteiger partial charge in [0, 0.05) is 25.9 Å². The quantitative estimate of drug-likeness (QED) is 0.753. The third-order valence-electron chi connectivity index (χ3n) is 2.71. The molecule has 0 atom stereocenters. The molecule has 0 unspecified atom stereocenters. The summed E-state index contributed by atoms with van der Waals surface area (Å²) in [6, 6.07) is 5.22. The Balaban J connectivity index is 3.17. The minimum Gasteiger partial charge on any atom is -0.383 e. The Labute approximate surface area is 115 Å². The Morgan fingerprint density at radius 3 is 2.65 bits per heavy atom. The molecule has 0 fully saturated rings. The van der Waals surface area contributed by atoms with Crippen LogP contribution in [0.5, 0.6) is 0 Å². The second-order valence-electron chi connectivity index (χ2n) is 4.07. The lowest BCUT2D eigenvalue weighted by Crippen LogP contribution is -2.27. The van der Waals surface area contributed by atoms with Crippen LogP contribution in [0.3, 0.4) is 0 Å². The van der Waals surface area contributed by atoms with Gasteiger partial charge in [0.15, 0.2) is 0 Å². The van der Waals surface area contributed by atoms with Crippen molar-refractivity contribution in [3.05, 3.63) is 42.0 Å². The minimum absolute atomic E-state index is 0.383. The van der Waals surface area contributed by atoms with E-state index in [9.17, 15) is 13.2 Å². The molecule has 0 amide bonds. The first-order valence-corrected chi connectivity index (χ1v) is 5.90. The zero-order chi connectivity index (χ0) is 15.2. The van der Waals surface area contributed by atoms with Crippen LogP contribution in [0.15, 0.2) is 30.9 Å². The van der Waals surface area contributed by atoms with Gasteiger partial charge >= 0.3 is 6.18 Å². The lowest BCUT2D eigenvalue weighted by atomic mass is 10.1. The Kier molecular flexibility index (Phi) is 5.59. The molecule has 1 aromatic carbocycles. The van der Waals surface area contributed by atoms with Gasteiger partial charge in [0.2, 0.25) is 0 Å². The molecular formula is C14H15F3N2O. The number of anilines is 1. The summed E-state index contributed by atoms with van der Waals surface area (Å²) in [5.41, 5.74) is -0.927. The van der Waals surface area contributed by atoms with Crippen LogP contribution < -0.4 is 4.90 Å². The van der Waals surface area contributed by atoms with Crippen LogP contribution in [-0.4, -0.2) is 26.8 Å². The van der Waals surface area contributed by atoms with Crippen molar-refractivity contribution < 1.29 is 17.9 Å². The first kappa shape index (κ1) is 16.1. The van der Waals surface area contributed by atoms with Crippen molar-refractivity contribution in [2.45, 2.75) is 6.18 Å². The molecule has 0 spiro atoms. The van der Waals surface area contributed by atoms with Crippen LogP contribution in [0.25, 0.3) is 0 Å². The molecule has 20 heavy (non-hydrogen) atoms. The van der Waals surface area contributed by atoms with Crippen molar-refractivity contribution in [3.8, 4) is 6.07 Å². The monoisotopic (exact) mass is 284 g/mol. The molecule has 0 N–H and O–H groups in total. The molecule has 1 rings (SSSR count). The summed E-state index contributed by atoms with van der Waals surface area (Å²) >= 11 is 0. The van der Waals surface area contributed by atoms with Crippen LogP contribution in [-0.2, 0) is 10.9 Å². The molecule has 0 saturated carbocycles. The summed E-state index contributed by atoms with van der Waals surface area (Å²) in [5.74, 6) is 0. The van der Waals surface area contributed by atoms with E-state index >= 15 is 0 Å². The van der Waals surface area contributed by atoms with Crippen LogP contribution >= 0.6 is 0 Å². The number of rotatable bonds is 6. The van der Waals surface area contributed by atoms with Gasteiger partial charge in [-0.15, -0.1) is 6.58 Å². The van der Waals surface area contributed by atoms with Gasteiger partial charge in [-0.2, -0.15) is 18.4 Å². The fourth-order valence-corrected chi connectivity index (χ4v) is 1.74. The largest absolute Gasteiger partial charge is 0.417 e. The van der Waals surface area contributed by atoms with Crippen molar-refractivity contribution in [2.24, 2.45) is 0 Å². The normalized spacial score (nSPS) is 10.9. The second-order valence-corrected chi connectivity index (χ2v) is 4.07. The molecule has 0 saturated heterocycles. The molecular weight excluding hydrogens is 269 g/mol. The Hall–Kier alpha value is -2.00. The number of ether oxygens (including phenoxy) is 1. The minimum atomic E-state index is -4.55. The fraction of sp³-hybridized carbons (Fsp3) is 0.357. The zero-order valence-corrected chi connectivity index (χ0v) is 11.1. The van der Waals surface area contributed by atoms with Crippen LogP contribution in [0.4, 0.5) is 18.9 Å². The number of benzene rings is 1. The average molecular weight is 284 g/mol. The zero-order valence-electron chi connectivity index (χ0n) is 11.1. The number of alkyl halides is 3. The Bertz CT molecular complexity index is 506. The van der Waals surface area contributed by atoms with Gasteiger partial charge in [-0.05, 0) is 18.2 Å². The summed E-state index contributed by atoms with van der Waals surface area (Å²) in [5, 5.41) is 8.76. The first-order chi connectivity index (χ1) is 9.43. The molecule has 0 aliphatic carbocycles. The molecule has 6 heteroatoms. The SMILES string of the molecule is C=CCN(CCOC)c1ccc(C#N)c(C(F)(F)F)c1. The lowest BCUT2D eigenvalue weighted by Gasteiger charge is -2.24. The summed E-state index contributed by atoms with van der Waals surface area (Å²) < 4.78 is 43.6. The highest BCUT2D eigenvalue weighted by Gasteiger charge is 2.34. The molecule has 0 aliphatic heterocycles. The molecule has 0 aliphatic rings. The number of hydrogen-bond acceptors (Lipinski definition) is 3.